The summed E-state index contributed by atoms with van der Waals surface area (Å²) in [4.78, 5) is 39.3. The number of alkyl halides is 3. The van der Waals surface area contributed by atoms with Crippen LogP contribution in [0.15, 0.2) is 42.5 Å². The fraction of sp³-hybridized carbons (Fsp3) is 0.444. The maximum absolute atomic E-state index is 14.1. The number of carbonyl (C=O) groups excluding carboxylic acids is 3. The van der Waals surface area contributed by atoms with Gasteiger partial charge in [-0.1, -0.05) is 37.1 Å². The number of nitrogens with one attached hydrogen (secondary N) is 1. The summed E-state index contributed by atoms with van der Waals surface area (Å²) in [6.07, 6.45) is -2.08. The van der Waals surface area contributed by atoms with Crippen LogP contribution in [0.2, 0.25) is 0 Å². The molecule has 4 rings (SSSR count). The van der Waals surface area contributed by atoms with Crippen molar-refractivity contribution < 1.29 is 41.1 Å². The summed E-state index contributed by atoms with van der Waals surface area (Å²) in [7, 11) is 0. The van der Waals surface area contributed by atoms with Gasteiger partial charge in [0.2, 0.25) is 11.8 Å². The Morgan fingerprint density at radius 2 is 1.82 bits per heavy atom. The summed E-state index contributed by atoms with van der Waals surface area (Å²) in [5.74, 6) is -3.43. The Morgan fingerprint density at radius 1 is 1.08 bits per heavy atom. The van der Waals surface area contributed by atoms with Gasteiger partial charge in [-0.3, -0.25) is 9.59 Å². The van der Waals surface area contributed by atoms with Crippen molar-refractivity contribution in [1.29, 1.82) is 0 Å². The van der Waals surface area contributed by atoms with E-state index in [1.54, 1.807) is 0 Å². The first-order valence-electron chi connectivity index (χ1n) is 12.4. The van der Waals surface area contributed by atoms with Crippen molar-refractivity contribution in [3.63, 3.8) is 0 Å². The van der Waals surface area contributed by atoms with Gasteiger partial charge in [-0.2, -0.15) is 13.2 Å². The molecule has 2 aromatic carbocycles. The van der Waals surface area contributed by atoms with Crippen LogP contribution in [0.4, 0.5) is 22.0 Å². The smallest absolute Gasteiger partial charge is 0.416 e. The molecule has 2 fully saturated rings. The molecule has 11 heteroatoms. The predicted octanol–water partition coefficient (Wildman–Crippen LogP) is 4.89. The van der Waals surface area contributed by atoms with Crippen LogP contribution in [-0.4, -0.2) is 34.8 Å². The minimum atomic E-state index is -4.53. The van der Waals surface area contributed by atoms with E-state index < -0.39 is 47.3 Å². The molecule has 0 spiro atoms. The molecular weight excluding hydrogens is 511 g/mol. The Hall–Kier alpha value is -3.50. The molecule has 204 valence electrons. The van der Waals surface area contributed by atoms with Crippen LogP contribution in [0, 0.1) is 17.6 Å². The summed E-state index contributed by atoms with van der Waals surface area (Å²) in [6, 6.07) is 6.57. The normalized spacial score (nSPS) is 18.4. The molecule has 2 amide bonds. The van der Waals surface area contributed by atoms with E-state index in [0.29, 0.717) is 12.8 Å². The summed E-state index contributed by atoms with van der Waals surface area (Å²) in [5, 5.41) is 2.64. The maximum Gasteiger partial charge on any atom is 0.416 e. The minimum Gasteiger partial charge on any atom is -0.459 e. The molecule has 2 aliphatic rings. The predicted molar refractivity (Wildman–Crippen MR) is 125 cm³/mol. The Kier molecular flexibility index (Phi) is 8.32. The molecule has 1 N–H and O–H groups in total. The molecule has 38 heavy (non-hydrogen) atoms. The van der Waals surface area contributed by atoms with Crippen molar-refractivity contribution in [2.24, 2.45) is 5.92 Å². The van der Waals surface area contributed by atoms with Gasteiger partial charge in [0, 0.05) is 31.0 Å². The number of amides is 2. The maximum atomic E-state index is 14.1. The molecule has 0 unspecified atom stereocenters. The van der Waals surface area contributed by atoms with E-state index in [1.807, 2.05) is 0 Å². The highest BCUT2D eigenvalue weighted by molar-refractivity contribution is 5.86. The van der Waals surface area contributed by atoms with E-state index in [9.17, 15) is 36.3 Å². The van der Waals surface area contributed by atoms with Crippen LogP contribution < -0.4 is 5.32 Å². The second-order valence-electron chi connectivity index (χ2n) is 9.74. The zero-order valence-electron chi connectivity index (χ0n) is 20.4. The van der Waals surface area contributed by atoms with Gasteiger partial charge in [0.25, 0.3) is 0 Å². The van der Waals surface area contributed by atoms with Crippen molar-refractivity contribution in [3.8, 4) is 0 Å². The second kappa shape index (κ2) is 11.5. The minimum absolute atomic E-state index is 0.00422. The molecule has 0 radical (unpaired) electrons. The molecule has 1 aliphatic heterocycles. The average Bonchev–Trinajstić information content (AvgIpc) is 3.63. The first-order valence-corrected chi connectivity index (χ1v) is 12.4. The molecule has 1 saturated carbocycles. The lowest BCUT2D eigenvalue weighted by Crippen LogP contribution is -2.44. The highest BCUT2D eigenvalue weighted by atomic mass is 19.4. The van der Waals surface area contributed by atoms with Crippen molar-refractivity contribution in [2.75, 3.05) is 0 Å². The van der Waals surface area contributed by atoms with Gasteiger partial charge in [0.15, 0.2) is 11.6 Å². The number of likely N-dealkylation sites (tertiary alicyclic amines) is 1. The third-order valence-corrected chi connectivity index (χ3v) is 6.77. The van der Waals surface area contributed by atoms with Gasteiger partial charge in [0.1, 0.15) is 12.6 Å². The summed E-state index contributed by atoms with van der Waals surface area (Å²) < 4.78 is 71.8. The molecule has 1 saturated heterocycles. The topological polar surface area (TPSA) is 75.7 Å². The quantitative estimate of drug-likeness (QED) is 0.345. The molecule has 2 aromatic rings. The van der Waals surface area contributed by atoms with Gasteiger partial charge >= 0.3 is 12.1 Å². The number of halogens is 5. The van der Waals surface area contributed by atoms with Crippen LogP contribution in [0.25, 0.3) is 0 Å². The number of ether oxygens (including phenoxy) is 1. The SMILES string of the molecule is O=C(C[C@@H]1CCC(=O)N1Cc1cccc(F)c1F)N[C@@H](CC1CC1)C(=O)OCc1cccc(C(F)(F)F)c1. The Morgan fingerprint density at radius 3 is 2.53 bits per heavy atom. The highest BCUT2D eigenvalue weighted by Gasteiger charge is 2.36. The summed E-state index contributed by atoms with van der Waals surface area (Å²) in [6.45, 7) is -0.575. The van der Waals surface area contributed by atoms with E-state index in [2.05, 4.69) is 5.32 Å². The number of carbonyl (C=O) groups is 3. The van der Waals surface area contributed by atoms with Crippen LogP contribution >= 0.6 is 0 Å². The lowest BCUT2D eigenvalue weighted by Gasteiger charge is -2.26. The van der Waals surface area contributed by atoms with Crippen molar-refractivity contribution in [1.82, 2.24) is 10.2 Å². The standard InChI is InChI=1S/C27H27F5N2O4/c28-21-6-2-4-18(25(21)29)14-34-20(9-10-24(34)36)13-23(35)33-22(12-16-7-8-16)26(37)38-15-17-3-1-5-19(11-17)27(30,31)32/h1-6,11,16,20,22H,7-10,12-15H2,(H,33,35)/t20-,22-/m0/s1. The fourth-order valence-corrected chi connectivity index (χ4v) is 4.54. The van der Waals surface area contributed by atoms with E-state index in [1.165, 1.54) is 29.2 Å². The van der Waals surface area contributed by atoms with Gasteiger partial charge in [0.05, 0.1) is 5.56 Å². The van der Waals surface area contributed by atoms with Gasteiger partial charge in [-0.25, -0.2) is 13.6 Å². The van der Waals surface area contributed by atoms with E-state index in [4.69, 9.17) is 4.74 Å². The lowest BCUT2D eigenvalue weighted by molar-refractivity contribution is -0.149. The highest BCUT2D eigenvalue weighted by Crippen LogP contribution is 2.34. The Balaban J connectivity index is 1.36. The van der Waals surface area contributed by atoms with Crippen molar-refractivity contribution in [2.45, 2.75) is 69.9 Å². The average molecular weight is 539 g/mol. The first kappa shape index (κ1) is 27.5. The van der Waals surface area contributed by atoms with E-state index in [0.717, 1.165) is 31.0 Å². The van der Waals surface area contributed by atoms with Gasteiger partial charge in [-0.05, 0) is 42.5 Å². The van der Waals surface area contributed by atoms with Crippen LogP contribution in [0.1, 0.15) is 55.2 Å². The summed E-state index contributed by atoms with van der Waals surface area (Å²) in [5.41, 5.74) is -0.701. The van der Waals surface area contributed by atoms with E-state index in [-0.39, 0.29) is 48.9 Å². The molecule has 1 aliphatic carbocycles. The number of benzene rings is 2. The third-order valence-electron chi connectivity index (χ3n) is 6.77. The molecule has 6 nitrogen and oxygen atoms in total. The third kappa shape index (κ3) is 7.08. The zero-order chi connectivity index (χ0) is 27.4. The van der Waals surface area contributed by atoms with Crippen molar-refractivity contribution >= 4 is 17.8 Å². The Labute approximate surface area is 216 Å². The van der Waals surface area contributed by atoms with Crippen molar-refractivity contribution in [3.05, 3.63) is 70.8 Å². The number of hydrogen-bond donors (Lipinski definition) is 1. The summed E-state index contributed by atoms with van der Waals surface area (Å²) >= 11 is 0. The van der Waals surface area contributed by atoms with Gasteiger partial charge in [-0.15, -0.1) is 0 Å². The second-order valence-corrected chi connectivity index (χ2v) is 9.74. The lowest BCUT2D eigenvalue weighted by atomic mass is 10.1. The molecule has 1 heterocycles. The number of esters is 1. The van der Waals surface area contributed by atoms with Crippen LogP contribution in [0.3, 0.4) is 0 Å². The van der Waals surface area contributed by atoms with Crippen LogP contribution in [-0.2, 0) is 38.4 Å². The Bertz CT molecular complexity index is 1200. The van der Waals surface area contributed by atoms with Gasteiger partial charge < -0.3 is 15.0 Å². The first-order chi connectivity index (χ1) is 18.0. The monoisotopic (exact) mass is 538 g/mol. The molecule has 0 aromatic heterocycles. The number of hydrogen-bond acceptors (Lipinski definition) is 4. The number of nitrogens with zero attached hydrogens (tertiary/aromatic N) is 1. The zero-order valence-corrected chi connectivity index (χ0v) is 20.4. The van der Waals surface area contributed by atoms with E-state index >= 15 is 0 Å². The molecular formula is C27H27F5N2O4. The molecule has 0 bridgehead atoms. The molecule has 2 atom stereocenters. The largest absolute Gasteiger partial charge is 0.459 e. The fourth-order valence-electron chi connectivity index (χ4n) is 4.54. The number of rotatable bonds is 10. The van der Waals surface area contributed by atoms with Crippen LogP contribution in [0.5, 0.6) is 0 Å².